The van der Waals surface area contributed by atoms with Gasteiger partial charge in [-0.2, -0.15) is 0 Å². The van der Waals surface area contributed by atoms with Gasteiger partial charge in [0.15, 0.2) is 0 Å². The van der Waals surface area contributed by atoms with E-state index in [0.717, 1.165) is 45.7 Å². The molecule has 1 saturated heterocycles. The van der Waals surface area contributed by atoms with Gasteiger partial charge in [-0.1, -0.05) is 54.6 Å². The fourth-order valence-corrected chi connectivity index (χ4v) is 4.40. The molecule has 29 heavy (non-hydrogen) atoms. The predicted octanol–water partition coefficient (Wildman–Crippen LogP) is 4.86. The first-order valence-corrected chi connectivity index (χ1v) is 11.2. The number of aliphatic hydroxyl groups is 1. The Morgan fingerprint density at radius 1 is 0.966 bits per heavy atom. The molecule has 0 amide bonds. The minimum atomic E-state index is -0.280. The van der Waals surface area contributed by atoms with Gasteiger partial charge in [-0.3, -0.25) is 4.90 Å². The Balaban J connectivity index is 1.53. The maximum Gasteiger partial charge on any atom is 0.0552 e. The lowest BCUT2D eigenvalue weighted by Crippen LogP contribution is -2.42. The third-order valence-electron chi connectivity index (χ3n) is 6.28. The van der Waals surface area contributed by atoms with Crippen LogP contribution in [0.25, 0.3) is 0 Å². The van der Waals surface area contributed by atoms with E-state index in [1.165, 1.54) is 36.0 Å². The largest absolute Gasteiger partial charge is 0.393 e. The van der Waals surface area contributed by atoms with Crippen LogP contribution in [0.5, 0.6) is 0 Å². The maximum atomic E-state index is 9.54. The fourth-order valence-electron chi connectivity index (χ4n) is 4.40. The van der Waals surface area contributed by atoms with Crippen molar-refractivity contribution in [3.8, 4) is 0 Å². The lowest BCUT2D eigenvalue weighted by Gasteiger charge is -2.42. The van der Waals surface area contributed by atoms with Crippen LogP contribution in [0, 0.1) is 5.41 Å². The summed E-state index contributed by atoms with van der Waals surface area (Å²) in [7, 11) is 0. The van der Waals surface area contributed by atoms with Crippen LogP contribution in [0.1, 0.15) is 49.8 Å². The van der Waals surface area contributed by atoms with Crippen LogP contribution in [0.15, 0.2) is 54.6 Å². The number of piperidine rings is 1. The highest BCUT2D eigenvalue weighted by molar-refractivity contribution is 5.23. The number of likely N-dealkylation sites (tertiary alicyclic amines) is 1. The van der Waals surface area contributed by atoms with Crippen molar-refractivity contribution in [2.75, 3.05) is 26.3 Å². The summed E-state index contributed by atoms with van der Waals surface area (Å²) in [5.74, 6) is 0. The summed E-state index contributed by atoms with van der Waals surface area (Å²) in [4.78, 5) is 2.58. The van der Waals surface area contributed by atoms with Crippen molar-refractivity contribution in [2.45, 2.75) is 58.6 Å². The van der Waals surface area contributed by atoms with Gasteiger partial charge in [-0.25, -0.2) is 0 Å². The summed E-state index contributed by atoms with van der Waals surface area (Å²) < 4.78 is 5.92. The van der Waals surface area contributed by atoms with Crippen molar-refractivity contribution >= 4 is 0 Å². The van der Waals surface area contributed by atoms with Gasteiger partial charge in [0.05, 0.1) is 12.7 Å². The van der Waals surface area contributed by atoms with E-state index in [1.807, 2.05) is 6.92 Å². The molecule has 1 N–H and O–H groups in total. The van der Waals surface area contributed by atoms with Crippen molar-refractivity contribution in [2.24, 2.45) is 5.41 Å². The number of rotatable bonds is 10. The lowest BCUT2D eigenvalue weighted by molar-refractivity contribution is -0.00232. The topological polar surface area (TPSA) is 32.7 Å². The first-order valence-electron chi connectivity index (χ1n) is 11.2. The summed E-state index contributed by atoms with van der Waals surface area (Å²) >= 11 is 0. The predicted molar refractivity (Wildman–Crippen MR) is 120 cm³/mol. The van der Waals surface area contributed by atoms with Crippen LogP contribution in [0.2, 0.25) is 0 Å². The van der Waals surface area contributed by atoms with Crippen LogP contribution in [-0.4, -0.2) is 42.4 Å². The van der Waals surface area contributed by atoms with E-state index < -0.39 is 0 Å². The third kappa shape index (κ3) is 6.95. The Hall–Kier alpha value is -1.68. The van der Waals surface area contributed by atoms with Gasteiger partial charge in [0, 0.05) is 13.2 Å². The summed E-state index contributed by atoms with van der Waals surface area (Å²) in [5.41, 5.74) is 4.31. The Morgan fingerprint density at radius 3 is 2.24 bits per heavy atom. The number of hydrogen-bond donors (Lipinski definition) is 1. The van der Waals surface area contributed by atoms with Gasteiger partial charge in [0.2, 0.25) is 0 Å². The van der Waals surface area contributed by atoms with E-state index in [2.05, 4.69) is 66.4 Å². The van der Waals surface area contributed by atoms with E-state index in [1.54, 1.807) is 0 Å². The van der Waals surface area contributed by atoms with Crippen LogP contribution in [-0.2, 0) is 24.1 Å². The quantitative estimate of drug-likeness (QED) is 0.623. The molecule has 3 nitrogen and oxygen atoms in total. The normalized spacial score (nSPS) is 17.9. The summed E-state index contributed by atoms with van der Waals surface area (Å²) in [6, 6.07) is 19.6. The van der Waals surface area contributed by atoms with Crippen molar-refractivity contribution in [1.29, 1.82) is 0 Å². The van der Waals surface area contributed by atoms with Gasteiger partial charge < -0.3 is 9.84 Å². The molecule has 1 aliphatic rings. The molecule has 1 aliphatic heterocycles. The number of ether oxygens (including phenoxy) is 1. The maximum absolute atomic E-state index is 9.54. The molecule has 0 bridgehead atoms. The number of benzene rings is 2. The molecule has 1 unspecified atom stereocenters. The standard InChI is InChI=1S/C26H37NO2/c1-3-29-21-26(14-13-23-7-5-4-6-8-23)15-17-27(18-16-26)20-25-11-9-24(10-12-25)19-22(2)28/h4-12,22,28H,3,13-21H2,1-2H3. The number of aryl methyl sites for hydroxylation is 1. The molecular weight excluding hydrogens is 358 g/mol. The molecule has 1 fully saturated rings. The van der Waals surface area contributed by atoms with Crippen molar-refractivity contribution in [3.05, 3.63) is 71.3 Å². The molecule has 0 aliphatic carbocycles. The second kappa shape index (κ2) is 10.9. The van der Waals surface area contributed by atoms with Crippen molar-refractivity contribution < 1.29 is 9.84 Å². The van der Waals surface area contributed by atoms with Crippen LogP contribution >= 0.6 is 0 Å². The van der Waals surface area contributed by atoms with Crippen LogP contribution < -0.4 is 0 Å². The fraction of sp³-hybridized carbons (Fsp3) is 0.538. The van der Waals surface area contributed by atoms with E-state index in [-0.39, 0.29) is 6.10 Å². The Morgan fingerprint density at radius 2 is 1.62 bits per heavy atom. The molecule has 0 aromatic heterocycles. The molecule has 2 aromatic carbocycles. The van der Waals surface area contributed by atoms with Crippen LogP contribution in [0.4, 0.5) is 0 Å². The smallest absolute Gasteiger partial charge is 0.0552 e. The van der Waals surface area contributed by atoms with Gasteiger partial charge in [-0.15, -0.1) is 0 Å². The minimum absolute atomic E-state index is 0.280. The molecule has 0 spiro atoms. The van der Waals surface area contributed by atoms with Crippen LogP contribution in [0.3, 0.4) is 0 Å². The average molecular weight is 396 g/mol. The van der Waals surface area contributed by atoms with E-state index >= 15 is 0 Å². The lowest BCUT2D eigenvalue weighted by atomic mass is 9.74. The highest BCUT2D eigenvalue weighted by atomic mass is 16.5. The molecule has 1 atom stereocenters. The van der Waals surface area contributed by atoms with Gasteiger partial charge in [-0.05, 0) is 81.1 Å². The molecule has 3 heteroatoms. The average Bonchev–Trinajstić information content (AvgIpc) is 2.74. The van der Waals surface area contributed by atoms with Crippen molar-refractivity contribution in [3.63, 3.8) is 0 Å². The number of hydrogen-bond acceptors (Lipinski definition) is 3. The minimum Gasteiger partial charge on any atom is -0.393 e. The first kappa shape index (κ1) is 22.0. The highest BCUT2D eigenvalue weighted by Crippen LogP contribution is 2.37. The molecule has 158 valence electrons. The van der Waals surface area contributed by atoms with E-state index in [0.29, 0.717) is 5.41 Å². The Bertz CT molecular complexity index is 703. The first-order chi connectivity index (χ1) is 14.1. The molecular formula is C26H37NO2. The number of nitrogens with zero attached hydrogens (tertiary/aromatic N) is 1. The molecule has 2 aromatic rings. The van der Waals surface area contributed by atoms with Gasteiger partial charge in [0.25, 0.3) is 0 Å². The highest BCUT2D eigenvalue weighted by Gasteiger charge is 2.34. The second-order valence-corrected chi connectivity index (χ2v) is 8.77. The van der Waals surface area contributed by atoms with Crippen molar-refractivity contribution in [1.82, 2.24) is 4.90 Å². The Labute approximate surface area is 176 Å². The Kier molecular flexibility index (Phi) is 8.29. The molecule has 3 rings (SSSR count). The molecule has 0 saturated carbocycles. The van der Waals surface area contributed by atoms with E-state index in [4.69, 9.17) is 4.74 Å². The number of aliphatic hydroxyl groups excluding tert-OH is 1. The second-order valence-electron chi connectivity index (χ2n) is 8.77. The monoisotopic (exact) mass is 395 g/mol. The SMILES string of the molecule is CCOCC1(CCc2ccccc2)CCN(Cc2ccc(CC(C)O)cc2)CC1. The summed E-state index contributed by atoms with van der Waals surface area (Å²) in [5, 5.41) is 9.54. The zero-order valence-corrected chi connectivity index (χ0v) is 18.1. The van der Waals surface area contributed by atoms with Gasteiger partial charge in [0.1, 0.15) is 0 Å². The van der Waals surface area contributed by atoms with E-state index in [9.17, 15) is 5.11 Å². The zero-order valence-electron chi connectivity index (χ0n) is 18.1. The third-order valence-corrected chi connectivity index (χ3v) is 6.28. The summed E-state index contributed by atoms with van der Waals surface area (Å²) in [6.45, 7) is 8.91. The van der Waals surface area contributed by atoms with Gasteiger partial charge >= 0.3 is 0 Å². The molecule has 1 heterocycles. The zero-order chi connectivity index (χ0) is 20.5. The summed E-state index contributed by atoms with van der Waals surface area (Å²) in [6.07, 6.45) is 5.21. The molecule has 0 radical (unpaired) electrons.